The highest BCUT2D eigenvalue weighted by atomic mass is 35.5. The first-order valence-corrected chi connectivity index (χ1v) is 14.2. The van der Waals surface area contributed by atoms with E-state index in [9.17, 15) is 9.59 Å². The maximum atomic E-state index is 10.7. The summed E-state index contributed by atoms with van der Waals surface area (Å²) in [6.45, 7) is 10.9. The lowest BCUT2D eigenvalue weighted by molar-refractivity contribution is -0.116. The molecule has 0 spiro atoms. The lowest BCUT2D eigenvalue weighted by atomic mass is 10.1. The molecular formula is C36H43ClN2O2. The molecule has 0 bridgehead atoms. The number of carbonyl (C=O) groups excluding carboxylic acids is 2. The maximum absolute atomic E-state index is 10.7. The van der Waals surface area contributed by atoms with Crippen molar-refractivity contribution in [1.29, 1.82) is 0 Å². The van der Waals surface area contributed by atoms with Gasteiger partial charge in [0.15, 0.2) is 0 Å². The maximum Gasteiger partial charge on any atom is 0.235 e. The summed E-state index contributed by atoms with van der Waals surface area (Å²) in [6, 6.07) is 32.7. The third-order valence-electron chi connectivity index (χ3n) is 5.96. The number of hydrogen-bond donors (Lipinski definition) is 1. The van der Waals surface area contributed by atoms with Crippen molar-refractivity contribution < 1.29 is 9.59 Å². The first kappa shape index (κ1) is 35.2. The van der Waals surface area contributed by atoms with Crippen LogP contribution in [0, 0.1) is 27.7 Å². The number of hydrogen-bond acceptors (Lipinski definition) is 4. The van der Waals surface area contributed by atoms with Crippen molar-refractivity contribution in [3.05, 3.63) is 142 Å². The third kappa shape index (κ3) is 17.5. The van der Waals surface area contributed by atoms with E-state index >= 15 is 0 Å². The van der Waals surface area contributed by atoms with Crippen molar-refractivity contribution >= 4 is 23.5 Å². The summed E-state index contributed by atoms with van der Waals surface area (Å²) < 4.78 is 0. The normalized spacial score (nSPS) is 9.44. The van der Waals surface area contributed by atoms with Crippen LogP contribution in [0.4, 0.5) is 0 Å². The third-order valence-corrected chi connectivity index (χ3v) is 6.27. The highest BCUT2D eigenvalue weighted by molar-refractivity contribution is 6.17. The van der Waals surface area contributed by atoms with Gasteiger partial charge < -0.3 is 10.5 Å². The minimum absolute atomic E-state index is 0.260. The summed E-state index contributed by atoms with van der Waals surface area (Å²) in [7, 11) is 0. The number of aryl methyl sites for hydroxylation is 5. The van der Waals surface area contributed by atoms with Gasteiger partial charge in [-0.2, -0.15) is 0 Å². The summed E-state index contributed by atoms with van der Waals surface area (Å²) in [6.07, 6.45) is 3.03. The van der Waals surface area contributed by atoms with Crippen LogP contribution in [-0.4, -0.2) is 11.9 Å². The zero-order valence-corrected chi connectivity index (χ0v) is 25.7. The van der Waals surface area contributed by atoms with Crippen LogP contribution in [0.2, 0.25) is 0 Å². The molecule has 2 N–H and O–H groups in total. The molecule has 0 saturated heterocycles. The Kier molecular flexibility index (Phi) is 18.0. The van der Waals surface area contributed by atoms with E-state index in [-0.39, 0.29) is 5.78 Å². The number of carbonyl (C=O) groups is 1. The number of alkyl halides is 1. The van der Waals surface area contributed by atoms with Crippen LogP contribution in [0.25, 0.3) is 0 Å². The van der Waals surface area contributed by atoms with E-state index in [1.807, 2.05) is 43.3 Å². The number of rotatable bonds is 7. The van der Waals surface area contributed by atoms with E-state index in [2.05, 4.69) is 86.4 Å². The number of benzene rings is 4. The quantitative estimate of drug-likeness (QED) is 0.137. The number of halogens is 1. The Morgan fingerprint density at radius 3 is 1.37 bits per heavy atom. The molecule has 0 heterocycles. The van der Waals surface area contributed by atoms with Gasteiger partial charge in [0.1, 0.15) is 5.78 Å². The lowest BCUT2D eigenvalue weighted by Gasteiger charge is -1.98. The number of nitrogens with zero attached hydrogens (tertiary/aromatic N) is 1. The van der Waals surface area contributed by atoms with Crippen LogP contribution in [-0.2, 0) is 35.0 Å². The van der Waals surface area contributed by atoms with Gasteiger partial charge in [0, 0.05) is 18.8 Å². The van der Waals surface area contributed by atoms with Crippen molar-refractivity contribution in [2.24, 2.45) is 10.7 Å². The van der Waals surface area contributed by atoms with Gasteiger partial charge in [0.05, 0.1) is 6.54 Å². The monoisotopic (exact) mass is 570 g/mol. The van der Waals surface area contributed by atoms with Crippen LogP contribution >= 0.6 is 11.6 Å². The predicted molar refractivity (Wildman–Crippen MR) is 173 cm³/mol. The number of isocyanates is 1. The SMILES string of the molecule is CC(=O)CCc1ccc(C)cc1.Cc1ccc(CCl)cc1.Cc1ccc(CN)cc1.Cc1ccc(CN=C=O)cc1. The fourth-order valence-corrected chi connectivity index (χ4v) is 3.47. The van der Waals surface area contributed by atoms with E-state index in [0.717, 1.165) is 12.0 Å². The van der Waals surface area contributed by atoms with Crippen molar-refractivity contribution in [2.45, 2.75) is 66.4 Å². The predicted octanol–water partition coefficient (Wildman–Crippen LogP) is 8.53. The molecule has 0 fully saturated rings. The summed E-state index contributed by atoms with van der Waals surface area (Å²) in [4.78, 5) is 23.9. The Hall–Kier alpha value is -3.82. The first-order valence-electron chi connectivity index (χ1n) is 13.7. The topological polar surface area (TPSA) is 72.5 Å². The van der Waals surface area contributed by atoms with Gasteiger partial charge in [0.2, 0.25) is 6.08 Å². The van der Waals surface area contributed by atoms with Crippen molar-refractivity contribution in [2.75, 3.05) is 0 Å². The molecule has 4 nitrogen and oxygen atoms in total. The van der Waals surface area contributed by atoms with Crippen LogP contribution in [0.5, 0.6) is 0 Å². The van der Waals surface area contributed by atoms with Gasteiger partial charge in [-0.3, -0.25) is 0 Å². The largest absolute Gasteiger partial charge is 0.326 e. The van der Waals surface area contributed by atoms with Crippen molar-refractivity contribution in [3.63, 3.8) is 0 Å². The van der Waals surface area contributed by atoms with E-state index in [0.29, 0.717) is 25.4 Å². The van der Waals surface area contributed by atoms with Crippen LogP contribution in [0.15, 0.2) is 102 Å². The van der Waals surface area contributed by atoms with Crippen LogP contribution in [0.3, 0.4) is 0 Å². The van der Waals surface area contributed by atoms with Crippen LogP contribution in [0.1, 0.15) is 57.9 Å². The average Bonchev–Trinajstić information content (AvgIpc) is 2.98. The van der Waals surface area contributed by atoms with Gasteiger partial charge in [-0.1, -0.05) is 119 Å². The van der Waals surface area contributed by atoms with Gasteiger partial charge in [-0.25, -0.2) is 9.79 Å². The molecule has 5 heteroatoms. The van der Waals surface area contributed by atoms with Gasteiger partial charge in [-0.15, -0.1) is 11.6 Å². The Balaban J connectivity index is 0.000000275. The molecule has 0 amide bonds. The molecule has 4 aromatic rings. The number of aliphatic imine (C=N–C) groups is 1. The number of ketones is 1. The standard InChI is InChI=1S/C11H14O.C9H9NO.C8H9Cl.C8H11N/c1-9-3-6-11(7-4-9)8-5-10(2)12;1-8-2-4-9(5-3-8)6-10-7-11;2*1-7-2-4-8(6-9)5-3-7/h3-4,6-7H,5,8H2,1-2H3;2-5H,6H2,1H3;2-5H,6H2,1H3;2-5H,6,9H2,1H3. The summed E-state index contributed by atoms with van der Waals surface area (Å²) in [5.74, 6) is 0.871. The zero-order valence-electron chi connectivity index (χ0n) is 25.0. The van der Waals surface area contributed by atoms with Gasteiger partial charge >= 0.3 is 0 Å². The second-order valence-corrected chi connectivity index (χ2v) is 10.2. The highest BCUT2D eigenvalue weighted by Gasteiger charge is 1.95. The van der Waals surface area contributed by atoms with Gasteiger partial charge in [-0.05, 0) is 63.3 Å². The minimum atomic E-state index is 0.260. The molecule has 216 valence electrons. The fraction of sp³-hybridized carbons (Fsp3) is 0.278. The van der Waals surface area contributed by atoms with E-state index in [4.69, 9.17) is 17.3 Å². The minimum Gasteiger partial charge on any atom is -0.326 e. The number of Topliss-reactive ketones (excluding diaryl/α,β-unsaturated/α-hetero) is 1. The molecule has 4 rings (SSSR count). The smallest absolute Gasteiger partial charge is 0.235 e. The molecule has 0 aliphatic rings. The molecule has 0 aromatic heterocycles. The molecule has 0 saturated carbocycles. The lowest BCUT2D eigenvalue weighted by Crippen LogP contribution is -1.94. The van der Waals surface area contributed by atoms with Crippen molar-refractivity contribution in [3.8, 4) is 0 Å². The molecule has 0 aliphatic carbocycles. The summed E-state index contributed by atoms with van der Waals surface area (Å²) >= 11 is 5.58. The molecule has 4 aromatic carbocycles. The Labute approximate surface area is 251 Å². The molecular weight excluding hydrogens is 528 g/mol. The Morgan fingerprint density at radius 2 is 1.02 bits per heavy atom. The molecule has 0 unspecified atom stereocenters. The summed E-state index contributed by atoms with van der Waals surface area (Å²) in [5, 5.41) is 0. The zero-order chi connectivity index (χ0) is 30.5. The van der Waals surface area contributed by atoms with E-state index in [1.54, 1.807) is 6.92 Å². The molecule has 0 radical (unpaired) electrons. The molecule has 41 heavy (non-hydrogen) atoms. The van der Waals surface area contributed by atoms with E-state index in [1.165, 1.54) is 45.0 Å². The number of nitrogens with two attached hydrogens (primary N) is 1. The van der Waals surface area contributed by atoms with Crippen LogP contribution < -0.4 is 5.73 Å². The second kappa shape index (κ2) is 21.0. The van der Waals surface area contributed by atoms with E-state index < -0.39 is 0 Å². The average molecular weight is 571 g/mol. The van der Waals surface area contributed by atoms with Crippen molar-refractivity contribution in [1.82, 2.24) is 0 Å². The highest BCUT2D eigenvalue weighted by Crippen LogP contribution is 2.06. The van der Waals surface area contributed by atoms with Gasteiger partial charge in [0.25, 0.3) is 0 Å². The second-order valence-electron chi connectivity index (χ2n) is 9.89. The Morgan fingerprint density at radius 1 is 0.659 bits per heavy atom. The first-order chi connectivity index (χ1) is 19.7. The molecule has 0 atom stereocenters. The molecule has 0 aliphatic heterocycles. The fourth-order valence-electron chi connectivity index (χ4n) is 3.29. The summed E-state index contributed by atoms with van der Waals surface area (Å²) in [5.41, 5.74) is 15.1. The Bertz CT molecular complexity index is 1260.